The van der Waals surface area contributed by atoms with E-state index >= 15 is 0 Å². The van der Waals surface area contributed by atoms with E-state index in [1.165, 1.54) is 0 Å². The normalized spacial score (nSPS) is 14.6. The van der Waals surface area contributed by atoms with Crippen LogP contribution in [0, 0.1) is 5.92 Å². The van der Waals surface area contributed by atoms with Crippen LogP contribution in [0.1, 0.15) is 26.7 Å². The van der Waals surface area contributed by atoms with Gasteiger partial charge in [-0.05, 0) is 17.9 Å². The molecule has 0 spiro atoms. The largest absolute Gasteiger partial charge is 0.260 e. The summed E-state index contributed by atoms with van der Waals surface area (Å²) in [7, 11) is -0.737. The van der Waals surface area contributed by atoms with Crippen molar-refractivity contribution in [1.29, 1.82) is 0 Å². The minimum absolute atomic E-state index is 0.461. The lowest BCUT2D eigenvalue weighted by atomic mass is 10.2. The van der Waals surface area contributed by atoms with E-state index in [0.717, 1.165) is 18.6 Å². The SMILES string of the molecule is CCC(C)CS(=O)CCCN=[N+]=[N-]. The molecule has 0 aliphatic heterocycles. The lowest BCUT2D eigenvalue weighted by molar-refractivity contribution is 0.614. The molecule has 4 nitrogen and oxygen atoms in total. The Kier molecular flexibility index (Phi) is 7.74. The van der Waals surface area contributed by atoms with Gasteiger partial charge in [-0.25, -0.2) is 0 Å². The van der Waals surface area contributed by atoms with E-state index in [2.05, 4.69) is 23.9 Å². The summed E-state index contributed by atoms with van der Waals surface area (Å²) in [5.74, 6) is 1.95. The van der Waals surface area contributed by atoms with Crippen LogP contribution >= 0.6 is 0 Å². The molecule has 5 heteroatoms. The Labute approximate surface area is 81.8 Å². The van der Waals surface area contributed by atoms with Crippen LogP contribution in [0.15, 0.2) is 5.11 Å². The molecule has 76 valence electrons. The molecule has 0 aromatic rings. The van der Waals surface area contributed by atoms with Gasteiger partial charge in [0.1, 0.15) is 0 Å². The van der Waals surface area contributed by atoms with Crippen LogP contribution in [0.4, 0.5) is 0 Å². The molecule has 0 aromatic heterocycles. The van der Waals surface area contributed by atoms with Crippen LogP contribution in [0.5, 0.6) is 0 Å². The second kappa shape index (κ2) is 8.08. The van der Waals surface area contributed by atoms with E-state index in [-0.39, 0.29) is 0 Å². The summed E-state index contributed by atoms with van der Waals surface area (Å²) in [6, 6.07) is 0. The standard InChI is InChI=1S/C8H17N3OS/c1-3-8(2)7-13(12)6-4-5-10-11-9/h8H,3-7H2,1-2H3. The van der Waals surface area contributed by atoms with Gasteiger partial charge in [-0.15, -0.1) is 0 Å². The third kappa shape index (κ3) is 7.81. The van der Waals surface area contributed by atoms with E-state index in [4.69, 9.17) is 5.53 Å². The third-order valence-corrected chi connectivity index (χ3v) is 3.55. The van der Waals surface area contributed by atoms with Crippen LogP contribution < -0.4 is 0 Å². The van der Waals surface area contributed by atoms with Crippen molar-refractivity contribution >= 4 is 10.8 Å². The molecule has 2 atom stereocenters. The number of rotatable bonds is 7. The number of azide groups is 1. The minimum atomic E-state index is -0.737. The van der Waals surface area contributed by atoms with Gasteiger partial charge in [0.05, 0.1) is 0 Å². The van der Waals surface area contributed by atoms with Gasteiger partial charge in [-0.2, -0.15) is 0 Å². The quantitative estimate of drug-likeness (QED) is 0.271. The van der Waals surface area contributed by atoms with Crippen LogP contribution in [-0.2, 0) is 10.8 Å². The highest BCUT2D eigenvalue weighted by molar-refractivity contribution is 7.84. The molecular formula is C8H17N3OS. The fraction of sp³-hybridized carbons (Fsp3) is 1.00. The van der Waals surface area contributed by atoms with Crippen molar-refractivity contribution < 1.29 is 4.21 Å². The molecule has 0 N–H and O–H groups in total. The first-order chi connectivity index (χ1) is 6.20. The van der Waals surface area contributed by atoms with Crippen LogP contribution in [0.25, 0.3) is 10.4 Å². The summed E-state index contributed by atoms with van der Waals surface area (Å²) >= 11 is 0. The number of hydrogen-bond donors (Lipinski definition) is 0. The molecule has 0 fully saturated rings. The van der Waals surface area contributed by atoms with Crippen molar-refractivity contribution in [3.8, 4) is 0 Å². The highest BCUT2D eigenvalue weighted by Crippen LogP contribution is 2.03. The van der Waals surface area contributed by atoms with Crippen molar-refractivity contribution in [2.45, 2.75) is 26.7 Å². The van der Waals surface area contributed by atoms with Gasteiger partial charge in [0, 0.05) is 33.8 Å². The Hall–Kier alpha value is -0.540. The van der Waals surface area contributed by atoms with Crippen molar-refractivity contribution in [2.75, 3.05) is 18.1 Å². The van der Waals surface area contributed by atoms with Gasteiger partial charge in [-0.1, -0.05) is 25.4 Å². The summed E-state index contributed by atoms with van der Waals surface area (Å²) in [6.07, 6.45) is 1.80. The monoisotopic (exact) mass is 203 g/mol. The predicted molar refractivity (Wildman–Crippen MR) is 56.0 cm³/mol. The molecule has 0 radical (unpaired) electrons. The van der Waals surface area contributed by atoms with E-state index in [1.54, 1.807) is 0 Å². The molecule has 13 heavy (non-hydrogen) atoms. The summed E-state index contributed by atoms with van der Waals surface area (Å²) in [5, 5.41) is 3.39. The first-order valence-electron chi connectivity index (χ1n) is 4.56. The molecule has 0 rings (SSSR count). The maximum Gasteiger partial charge on any atom is 0.0266 e. The van der Waals surface area contributed by atoms with E-state index < -0.39 is 10.8 Å². The zero-order chi connectivity index (χ0) is 10.1. The number of nitrogens with zero attached hydrogens (tertiary/aromatic N) is 3. The summed E-state index contributed by atoms with van der Waals surface area (Å²) < 4.78 is 11.4. The number of hydrogen-bond acceptors (Lipinski definition) is 2. The Morgan fingerprint density at radius 2 is 2.31 bits per heavy atom. The zero-order valence-corrected chi connectivity index (χ0v) is 9.09. The molecular weight excluding hydrogens is 186 g/mol. The van der Waals surface area contributed by atoms with Gasteiger partial charge in [0.15, 0.2) is 0 Å². The van der Waals surface area contributed by atoms with Crippen molar-refractivity contribution in [1.82, 2.24) is 0 Å². The summed E-state index contributed by atoms with van der Waals surface area (Å²) in [6.45, 7) is 4.66. The fourth-order valence-electron chi connectivity index (χ4n) is 0.859. The van der Waals surface area contributed by atoms with Gasteiger partial charge in [-0.3, -0.25) is 4.21 Å². The van der Waals surface area contributed by atoms with E-state index in [0.29, 0.717) is 18.2 Å². The van der Waals surface area contributed by atoms with E-state index in [9.17, 15) is 4.21 Å². The fourth-order valence-corrected chi connectivity index (χ4v) is 2.35. The second-order valence-electron chi connectivity index (χ2n) is 3.13. The predicted octanol–water partition coefficient (Wildman–Crippen LogP) is 2.48. The van der Waals surface area contributed by atoms with Crippen LogP contribution in [-0.4, -0.2) is 22.3 Å². The summed E-state index contributed by atoms with van der Waals surface area (Å²) in [5.41, 5.74) is 8.00. The molecule has 0 aliphatic carbocycles. The summed E-state index contributed by atoms with van der Waals surface area (Å²) in [4.78, 5) is 2.64. The molecule has 0 heterocycles. The molecule has 0 bridgehead atoms. The topological polar surface area (TPSA) is 65.8 Å². The second-order valence-corrected chi connectivity index (χ2v) is 4.75. The van der Waals surface area contributed by atoms with Gasteiger partial charge in [0.2, 0.25) is 0 Å². The average molecular weight is 203 g/mol. The zero-order valence-electron chi connectivity index (χ0n) is 8.27. The maximum atomic E-state index is 11.4. The van der Waals surface area contributed by atoms with Crippen molar-refractivity contribution in [2.24, 2.45) is 11.0 Å². The molecule has 0 aromatic carbocycles. The highest BCUT2D eigenvalue weighted by atomic mass is 32.2. The van der Waals surface area contributed by atoms with Crippen LogP contribution in [0.2, 0.25) is 0 Å². The molecule has 0 saturated heterocycles. The van der Waals surface area contributed by atoms with Gasteiger partial charge in [0.25, 0.3) is 0 Å². The van der Waals surface area contributed by atoms with Crippen molar-refractivity contribution in [3.63, 3.8) is 0 Å². The Morgan fingerprint density at radius 1 is 1.62 bits per heavy atom. The van der Waals surface area contributed by atoms with E-state index in [1.807, 2.05) is 0 Å². The van der Waals surface area contributed by atoms with Gasteiger partial charge < -0.3 is 0 Å². The smallest absolute Gasteiger partial charge is 0.0266 e. The first kappa shape index (κ1) is 12.5. The lowest BCUT2D eigenvalue weighted by Gasteiger charge is -2.06. The Morgan fingerprint density at radius 3 is 2.85 bits per heavy atom. The first-order valence-corrected chi connectivity index (χ1v) is 6.05. The third-order valence-electron chi connectivity index (χ3n) is 1.86. The molecule has 2 unspecified atom stereocenters. The molecule has 0 aliphatic rings. The Bertz CT molecular complexity index is 202. The lowest BCUT2D eigenvalue weighted by Crippen LogP contribution is -2.10. The minimum Gasteiger partial charge on any atom is -0.260 e. The molecule has 0 amide bonds. The van der Waals surface area contributed by atoms with Gasteiger partial charge >= 0.3 is 0 Å². The maximum absolute atomic E-state index is 11.4. The van der Waals surface area contributed by atoms with Crippen LogP contribution in [0.3, 0.4) is 0 Å². The van der Waals surface area contributed by atoms with Crippen molar-refractivity contribution in [3.05, 3.63) is 10.4 Å². The highest BCUT2D eigenvalue weighted by Gasteiger charge is 2.04. The molecule has 0 saturated carbocycles. The Balaban J connectivity index is 3.45. The average Bonchev–Trinajstić information content (AvgIpc) is 2.12.